The standard InChI is InChI=1S/C27H36N6/c1-19-7-4-10-22(31-19)16-28-25-13-26(29-17-23-11-5-8-20(2)32-23)15-27(14-25)30-18-24-12-6-9-21(3)33-24/h4-12,25-30H,13-18H2,1-3H3. The van der Waals surface area contributed by atoms with Gasteiger partial charge in [-0.2, -0.15) is 0 Å². The van der Waals surface area contributed by atoms with E-state index in [1.807, 2.05) is 39.0 Å². The summed E-state index contributed by atoms with van der Waals surface area (Å²) in [5, 5.41) is 11.3. The molecule has 6 nitrogen and oxygen atoms in total. The first-order valence-electron chi connectivity index (χ1n) is 12.0. The van der Waals surface area contributed by atoms with Crippen LogP contribution in [0.4, 0.5) is 0 Å². The zero-order valence-electron chi connectivity index (χ0n) is 20.0. The SMILES string of the molecule is Cc1cccc(CNC2CC(NCc3cccc(C)n3)CC(NCc3cccc(C)n3)C2)n1. The fourth-order valence-electron chi connectivity index (χ4n) is 4.66. The topological polar surface area (TPSA) is 74.8 Å². The van der Waals surface area contributed by atoms with Gasteiger partial charge in [-0.15, -0.1) is 0 Å². The van der Waals surface area contributed by atoms with Crippen molar-refractivity contribution in [1.82, 2.24) is 30.9 Å². The van der Waals surface area contributed by atoms with Crippen molar-refractivity contribution in [3.05, 3.63) is 88.8 Å². The van der Waals surface area contributed by atoms with E-state index in [0.29, 0.717) is 18.1 Å². The minimum atomic E-state index is 0.423. The van der Waals surface area contributed by atoms with Crippen LogP contribution in [0.3, 0.4) is 0 Å². The number of nitrogens with one attached hydrogen (secondary N) is 3. The number of aromatic nitrogens is 3. The molecule has 0 unspecified atom stereocenters. The van der Waals surface area contributed by atoms with E-state index in [-0.39, 0.29) is 0 Å². The molecule has 1 fully saturated rings. The van der Waals surface area contributed by atoms with Crippen LogP contribution in [-0.4, -0.2) is 33.1 Å². The smallest absolute Gasteiger partial charge is 0.0544 e. The monoisotopic (exact) mass is 444 g/mol. The predicted octanol–water partition coefficient (Wildman–Crippen LogP) is 3.76. The molecule has 0 aliphatic heterocycles. The second-order valence-electron chi connectivity index (χ2n) is 9.25. The van der Waals surface area contributed by atoms with E-state index in [0.717, 1.165) is 73.1 Å². The summed E-state index contributed by atoms with van der Waals surface area (Å²) in [7, 11) is 0. The highest BCUT2D eigenvalue weighted by molar-refractivity contribution is 5.12. The zero-order chi connectivity index (χ0) is 23.0. The van der Waals surface area contributed by atoms with E-state index in [4.69, 9.17) is 0 Å². The fraction of sp³-hybridized carbons (Fsp3) is 0.444. The van der Waals surface area contributed by atoms with Crippen molar-refractivity contribution < 1.29 is 0 Å². The Balaban J connectivity index is 1.37. The van der Waals surface area contributed by atoms with E-state index >= 15 is 0 Å². The van der Waals surface area contributed by atoms with Gasteiger partial charge in [0.2, 0.25) is 0 Å². The number of rotatable bonds is 9. The third kappa shape index (κ3) is 7.42. The lowest BCUT2D eigenvalue weighted by atomic mass is 9.86. The molecule has 6 heteroatoms. The Morgan fingerprint density at radius 1 is 0.545 bits per heavy atom. The van der Waals surface area contributed by atoms with Crippen LogP contribution in [0.1, 0.15) is 53.4 Å². The minimum absolute atomic E-state index is 0.423. The Bertz CT molecular complexity index is 898. The number of pyridine rings is 3. The maximum atomic E-state index is 4.65. The third-order valence-electron chi connectivity index (χ3n) is 6.26. The van der Waals surface area contributed by atoms with E-state index in [9.17, 15) is 0 Å². The highest BCUT2D eigenvalue weighted by Crippen LogP contribution is 2.21. The molecule has 1 saturated carbocycles. The highest BCUT2D eigenvalue weighted by atomic mass is 15.0. The molecule has 3 heterocycles. The van der Waals surface area contributed by atoms with Gasteiger partial charge in [0, 0.05) is 54.8 Å². The molecule has 0 radical (unpaired) electrons. The van der Waals surface area contributed by atoms with Crippen LogP contribution in [0.2, 0.25) is 0 Å². The van der Waals surface area contributed by atoms with E-state index in [1.165, 1.54) is 0 Å². The lowest BCUT2D eigenvalue weighted by Crippen LogP contribution is -2.50. The van der Waals surface area contributed by atoms with Crippen molar-refractivity contribution in [2.75, 3.05) is 0 Å². The molecule has 174 valence electrons. The van der Waals surface area contributed by atoms with E-state index in [2.05, 4.69) is 67.3 Å². The molecule has 0 aromatic carbocycles. The number of hydrogen-bond donors (Lipinski definition) is 3. The number of nitrogens with zero attached hydrogens (tertiary/aromatic N) is 3. The van der Waals surface area contributed by atoms with Crippen molar-refractivity contribution in [2.24, 2.45) is 0 Å². The van der Waals surface area contributed by atoms with Crippen LogP contribution in [0.15, 0.2) is 54.6 Å². The van der Waals surface area contributed by atoms with Gasteiger partial charge in [-0.05, 0) is 76.4 Å². The van der Waals surface area contributed by atoms with Gasteiger partial charge in [-0.25, -0.2) is 0 Å². The maximum Gasteiger partial charge on any atom is 0.0544 e. The van der Waals surface area contributed by atoms with Crippen LogP contribution < -0.4 is 16.0 Å². The lowest BCUT2D eigenvalue weighted by molar-refractivity contribution is 0.245. The summed E-state index contributed by atoms with van der Waals surface area (Å²) in [5.41, 5.74) is 6.49. The molecule has 33 heavy (non-hydrogen) atoms. The first kappa shape index (κ1) is 23.5. The predicted molar refractivity (Wildman–Crippen MR) is 133 cm³/mol. The molecule has 1 aliphatic carbocycles. The summed E-state index contributed by atoms with van der Waals surface area (Å²) >= 11 is 0. The van der Waals surface area contributed by atoms with Crippen LogP contribution >= 0.6 is 0 Å². The lowest BCUT2D eigenvalue weighted by Gasteiger charge is -2.36. The van der Waals surface area contributed by atoms with E-state index < -0.39 is 0 Å². The maximum absolute atomic E-state index is 4.65. The van der Waals surface area contributed by atoms with Crippen LogP contribution in [0.5, 0.6) is 0 Å². The molecule has 1 aliphatic rings. The second kappa shape index (κ2) is 11.5. The van der Waals surface area contributed by atoms with Gasteiger partial charge in [0.05, 0.1) is 17.1 Å². The summed E-state index contributed by atoms with van der Waals surface area (Å²) in [4.78, 5) is 14.0. The number of hydrogen-bond acceptors (Lipinski definition) is 6. The zero-order valence-corrected chi connectivity index (χ0v) is 20.0. The molecule has 0 bridgehead atoms. The van der Waals surface area contributed by atoms with E-state index in [1.54, 1.807) is 0 Å². The first-order chi connectivity index (χ1) is 16.0. The molecule has 3 aromatic heterocycles. The Morgan fingerprint density at radius 3 is 1.12 bits per heavy atom. The van der Waals surface area contributed by atoms with Gasteiger partial charge < -0.3 is 16.0 Å². The molecule has 3 aromatic rings. The quantitative estimate of drug-likeness (QED) is 0.467. The molecule has 3 N–H and O–H groups in total. The molecule has 0 spiro atoms. The van der Waals surface area contributed by atoms with Crippen molar-refractivity contribution in [3.8, 4) is 0 Å². The Kier molecular flexibility index (Phi) is 8.15. The summed E-state index contributed by atoms with van der Waals surface area (Å²) < 4.78 is 0. The van der Waals surface area contributed by atoms with Gasteiger partial charge in [0.15, 0.2) is 0 Å². The largest absolute Gasteiger partial charge is 0.308 e. The summed E-state index contributed by atoms with van der Waals surface area (Å²) in [6.45, 7) is 8.52. The summed E-state index contributed by atoms with van der Waals surface area (Å²) in [6.07, 6.45) is 3.29. The molecular weight excluding hydrogens is 408 g/mol. The molecule has 0 saturated heterocycles. The Morgan fingerprint density at radius 2 is 0.848 bits per heavy atom. The van der Waals surface area contributed by atoms with Gasteiger partial charge in [0.25, 0.3) is 0 Å². The average Bonchev–Trinajstić information content (AvgIpc) is 2.80. The molecule has 4 rings (SSSR count). The van der Waals surface area contributed by atoms with Crippen LogP contribution in [-0.2, 0) is 19.6 Å². The van der Waals surface area contributed by atoms with Gasteiger partial charge in [0.1, 0.15) is 0 Å². The summed E-state index contributed by atoms with van der Waals surface area (Å²) in [6, 6.07) is 19.9. The number of aryl methyl sites for hydroxylation is 3. The van der Waals surface area contributed by atoms with Crippen molar-refractivity contribution in [3.63, 3.8) is 0 Å². The second-order valence-corrected chi connectivity index (χ2v) is 9.25. The van der Waals surface area contributed by atoms with Crippen molar-refractivity contribution in [2.45, 2.75) is 77.8 Å². The molecular formula is C27H36N6. The van der Waals surface area contributed by atoms with Gasteiger partial charge >= 0.3 is 0 Å². The van der Waals surface area contributed by atoms with Crippen LogP contribution in [0.25, 0.3) is 0 Å². The average molecular weight is 445 g/mol. The van der Waals surface area contributed by atoms with Crippen molar-refractivity contribution >= 4 is 0 Å². The Hall–Kier alpha value is -2.67. The molecule has 0 atom stereocenters. The first-order valence-corrected chi connectivity index (χ1v) is 12.0. The van der Waals surface area contributed by atoms with Crippen LogP contribution in [0, 0.1) is 20.8 Å². The molecule has 0 amide bonds. The Labute approximate surface area is 197 Å². The fourth-order valence-corrected chi connectivity index (χ4v) is 4.66. The third-order valence-corrected chi connectivity index (χ3v) is 6.26. The normalized spacial score (nSPS) is 20.6. The van der Waals surface area contributed by atoms with Crippen molar-refractivity contribution in [1.29, 1.82) is 0 Å². The summed E-state index contributed by atoms with van der Waals surface area (Å²) in [5.74, 6) is 0. The van der Waals surface area contributed by atoms with Gasteiger partial charge in [-0.1, -0.05) is 18.2 Å². The minimum Gasteiger partial charge on any atom is -0.308 e. The van der Waals surface area contributed by atoms with Gasteiger partial charge in [-0.3, -0.25) is 15.0 Å². The highest BCUT2D eigenvalue weighted by Gasteiger charge is 2.28.